The Hall–Kier alpha value is -12.4. The average molecular weight is 1550 g/mol. The SMILES string of the molecule is CC(=O)O.Cc1cc(C)c2nc(N3C(=O)C(=O)/C(=C(/O)c4ccc5c(c4)CC(C)O5)C3c3ccccc3)sc2c1.Cc1cc(C)c2nc(N3C(=O)C(=O)/C(=C(/O)c4ccc5c(c4)CC(C)O5)C3c3ccccc3)sc2c1.Cc1cc(C)c2nc(N3C(=O)C(=O)/C(=C(/O)c4ccc5c(c4)CC(C)O5)C3c3ccccc3)sc2c1. The Balaban J connectivity index is 0.000000130. The Morgan fingerprint density at radius 3 is 0.875 bits per heavy atom. The Bertz CT molecular complexity index is 5450. The van der Waals surface area contributed by atoms with Gasteiger partial charge in [0.25, 0.3) is 23.3 Å². The maximum absolute atomic E-state index is 13.5. The van der Waals surface area contributed by atoms with Crippen LogP contribution in [-0.4, -0.2) is 94.7 Å². The van der Waals surface area contributed by atoms with Crippen molar-refractivity contribution in [3.05, 3.63) is 282 Å². The van der Waals surface area contributed by atoms with Crippen molar-refractivity contribution >= 4 is 138 Å². The molecule has 6 atom stereocenters. The first-order valence-corrected chi connectivity index (χ1v) is 38.9. The van der Waals surface area contributed by atoms with E-state index in [0.717, 1.165) is 141 Å². The molecule has 0 saturated carbocycles. The molecule has 23 heteroatoms. The van der Waals surface area contributed by atoms with Gasteiger partial charge in [-0.25, -0.2) is 15.0 Å². The maximum atomic E-state index is 13.5. The van der Waals surface area contributed by atoms with Crippen LogP contribution in [0.25, 0.3) is 47.9 Å². The van der Waals surface area contributed by atoms with Crippen LogP contribution in [0.15, 0.2) is 199 Å². The highest BCUT2D eigenvalue weighted by Crippen LogP contribution is 2.50. The second-order valence-electron chi connectivity index (χ2n) is 28.9. The lowest BCUT2D eigenvalue weighted by Gasteiger charge is -2.23. The minimum atomic E-state index is -0.833. The molecule has 0 aliphatic carbocycles. The van der Waals surface area contributed by atoms with Gasteiger partial charge in [0.2, 0.25) is 0 Å². The van der Waals surface area contributed by atoms with E-state index in [1.54, 1.807) is 36.4 Å². The van der Waals surface area contributed by atoms with Gasteiger partial charge in [0, 0.05) is 42.9 Å². The van der Waals surface area contributed by atoms with Crippen molar-refractivity contribution in [1.29, 1.82) is 0 Å². The highest BCUT2D eigenvalue weighted by molar-refractivity contribution is 7.23. The fraction of sp³-hybridized carbons (Fsp3) is 0.213. The Labute approximate surface area is 656 Å². The summed E-state index contributed by atoms with van der Waals surface area (Å²) in [5.41, 5.74) is 15.5. The third-order valence-corrected chi connectivity index (χ3v) is 23.3. The molecule has 4 N–H and O–H groups in total. The number of carbonyl (C=O) groups excluding carboxylic acids is 6. The zero-order chi connectivity index (χ0) is 79.0. The molecular weight excluding hydrogens is 1470 g/mol. The Kier molecular flexibility index (Phi) is 20.2. The van der Waals surface area contributed by atoms with Crippen LogP contribution < -0.4 is 28.9 Å². The second-order valence-corrected chi connectivity index (χ2v) is 31.9. The van der Waals surface area contributed by atoms with E-state index in [1.165, 1.54) is 48.7 Å². The zero-order valence-corrected chi connectivity index (χ0v) is 65.1. The van der Waals surface area contributed by atoms with Gasteiger partial charge in [-0.2, -0.15) is 0 Å². The van der Waals surface area contributed by atoms with Gasteiger partial charge in [0.1, 0.15) is 52.8 Å². The number of ether oxygens (including phenoxy) is 3. The maximum Gasteiger partial charge on any atom is 0.301 e. The molecule has 3 aromatic heterocycles. The predicted molar refractivity (Wildman–Crippen MR) is 435 cm³/mol. The van der Waals surface area contributed by atoms with Gasteiger partial charge in [-0.1, -0.05) is 143 Å². The van der Waals surface area contributed by atoms with Crippen molar-refractivity contribution in [2.24, 2.45) is 0 Å². The molecule has 6 unspecified atom stereocenters. The van der Waals surface area contributed by atoms with Crippen molar-refractivity contribution in [3.8, 4) is 17.2 Å². The quantitative estimate of drug-likeness (QED) is 0.0594. The number of aryl methyl sites for hydroxylation is 6. The van der Waals surface area contributed by atoms with Crippen LogP contribution in [0.2, 0.25) is 0 Å². The standard InChI is InChI=1S/3C29H24N2O4S.C2H4O2/c3*1-15-11-16(2)24-22(12-15)36-29(30-24)31-25(18-7-5-4-6-8-18)23(27(33)28(31)34)26(32)19-9-10-21-20(14-19)13-17(3)35-21;1-2(3)4/h3*4-12,14,17,25,32H,13H2,1-3H3;1H3,(H,3,4)/b3*26-23+;. The Morgan fingerprint density at radius 2 is 0.625 bits per heavy atom. The van der Waals surface area contributed by atoms with E-state index in [2.05, 4.69) is 0 Å². The van der Waals surface area contributed by atoms with Gasteiger partial charge in [-0.3, -0.25) is 48.3 Å². The molecule has 0 radical (unpaired) electrons. The van der Waals surface area contributed by atoms with Crippen molar-refractivity contribution in [2.45, 2.75) is 125 Å². The Morgan fingerprint density at radius 1 is 0.375 bits per heavy atom. The molecule has 20 nitrogen and oxygen atoms in total. The number of carbonyl (C=O) groups is 7. The largest absolute Gasteiger partial charge is 0.507 e. The van der Waals surface area contributed by atoms with Gasteiger partial charge in [-0.05, 0) is 202 Å². The number of fused-ring (bicyclic) bond motifs is 6. The van der Waals surface area contributed by atoms with Gasteiger partial charge < -0.3 is 34.6 Å². The number of Topliss-reactive ketones (excluding diaryl/α,β-unsaturated/α-hetero) is 3. The van der Waals surface area contributed by atoms with E-state index >= 15 is 0 Å². The summed E-state index contributed by atoms with van der Waals surface area (Å²) in [6.07, 6.45) is 2.32. The highest BCUT2D eigenvalue weighted by atomic mass is 32.1. The first kappa shape index (κ1) is 75.0. The number of aliphatic hydroxyl groups is 3. The number of amides is 3. The number of thiazole rings is 3. The minimum Gasteiger partial charge on any atom is -0.507 e. The van der Waals surface area contributed by atoms with E-state index in [4.69, 9.17) is 39.1 Å². The zero-order valence-electron chi connectivity index (χ0n) is 62.7. The molecule has 6 aliphatic rings. The van der Waals surface area contributed by atoms with Gasteiger partial charge in [0.05, 0.1) is 65.5 Å². The molecule has 0 bridgehead atoms. The molecule has 6 aliphatic heterocycles. The van der Waals surface area contributed by atoms with E-state index in [9.17, 15) is 44.1 Å². The number of hydrogen-bond acceptors (Lipinski definition) is 19. The average Bonchev–Trinajstić information content (AvgIpc) is 1.59. The summed E-state index contributed by atoms with van der Waals surface area (Å²) in [6, 6.07) is 53.9. The van der Waals surface area contributed by atoms with E-state index in [0.29, 0.717) is 32.1 Å². The van der Waals surface area contributed by atoms with Crippen molar-refractivity contribution in [2.75, 3.05) is 14.7 Å². The number of hydrogen-bond donors (Lipinski definition) is 4. The molecule has 564 valence electrons. The lowest BCUT2D eigenvalue weighted by Crippen LogP contribution is -2.29. The van der Waals surface area contributed by atoms with Crippen LogP contribution >= 0.6 is 34.0 Å². The number of aliphatic carboxylic acids is 1. The summed E-state index contributed by atoms with van der Waals surface area (Å²) in [5, 5.41) is 43.1. The third-order valence-electron chi connectivity index (χ3n) is 20.3. The molecule has 3 amide bonds. The molecule has 112 heavy (non-hydrogen) atoms. The number of anilines is 3. The van der Waals surface area contributed by atoms with Crippen molar-refractivity contribution in [1.82, 2.24) is 15.0 Å². The van der Waals surface area contributed by atoms with Crippen LogP contribution in [0.5, 0.6) is 17.2 Å². The summed E-state index contributed by atoms with van der Waals surface area (Å²) < 4.78 is 20.2. The molecular formula is C89H76N6O14S3. The minimum absolute atomic E-state index is 0.0541. The first-order valence-electron chi connectivity index (χ1n) is 36.5. The fourth-order valence-electron chi connectivity index (χ4n) is 15.5. The van der Waals surface area contributed by atoms with Gasteiger partial charge in [0.15, 0.2) is 15.4 Å². The smallest absolute Gasteiger partial charge is 0.301 e. The van der Waals surface area contributed by atoms with Gasteiger partial charge >= 0.3 is 17.7 Å². The number of aromatic nitrogens is 3. The number of carboxylic acids is 1. The van der Waals surface area contributed by atoms with Gasteiger partial charge in [-0.15, -0.1) is 0 Å². The van der Waals surface area contributed by atoms with Crippen LogP contribution in [-0.2, 0) is 52.8 Å². The summed E-state index contributed by atoms with van der Waals surface area (Å²) in [4.78, 5) is 108. The number of nitrogens with zero attached hydrogens (tertiary/aromatic N) is 6. The lowest BCUT2D eigenvalue weighted by molar-refractivity contribution is -0.134. The predicted octanol–water partition coefficient (Wildman–Crippen LogP) is 17.7. The van der Waals surface area contributed by atoms with Crippen molar-refractivity contribution in [3.63, 3.8) is 0 Å². The van der Waals surface area contributed by atoms with E-state index in [-0.39, 0.29) is 52.3 Å². The molecule has 0 spiro atoms. The molecule has 12 aromatic rings. The summed E-state index contributed by atoms with van der Waals surface area (Å²) in [7, 11) is 0. The topological polar surface area (TPSA) is 276 Å². The molecule has 3 fully saturated rings. The molecule has 9 aromatic carbocycles. The fourth-order valence-corrected chi connectivity index (χ4v) is 19.0. The van der Waals surface area contributed by atoms with Crippen LogP contribution in [0.3, 0.4) is 0 Å². The van der Waals surface area contributed by atoms with E-state index < -0.39 is 59.2 Å². The number of benzene rings is 9. The number of aliphatic hydroxyl groups excluding tert-OH is 3. The number of ketones is 3. The number of carboxylic acid groups (broad SMARTS) is 1. The highest BCUT2D eigenvalue weighted by Gasteiger charge is 2.51. The van der Waals surface area contributed by atoms with Crippen LogP contribution in [0.1, 0.15) is 129 Å². The monoisotopic (exact) mass is 1550 g/mol. The van der Waals surface area contributed by atoms with E-state index in [1.807, 2.05) is 208 Å². The summed E-state index contributed by atoms with van der Waals surface area (Å²) in [6.45, 7) is 19.1. The first-order chi connectivity index (χ1) is 53.7. The normalized spacial score (nSPS) is 20.2. The molecule has 9 heterocycles. The van der Waals surface area contributed by atoms with Crippen LogP contribution in [0, 0.1) is 41.5 Å². The van der Waals surface area contributed by atoms with Crippen molar-refractivity contribution < 1.29 is 68.2 Å². The number of rotatable bonds is 9. The molecule has 3 saturated heterocycles. The summed E-state index contributed by atoms with van der Waals surface area (Å²) >= 11 is 4.12. The summed E-state index contributed by atoms with van der Waals surface area (Å²) in [5.74, 6) is -3.35. The van der Waals surface area contributed by atoms with Crippen LogP contribution in [0.4, 0.5) is 15.4 Å². The lowest BCUT2D eigenvalue weighted by atomic mass is 9.94. The second kappa shape index (κ2) is 30.1. The molecule has 18 rings (SSSR count). The third kappa shape index (κ3) is 14.0.